The summed E-state index contributed by atoms with van der Waals surface area (Å²) in [4.78, 5) is 23.3. The lowest BCUT2D eigenvalue weighted by atomic mass is 9.93. The standard InChI is InChI=1S/C25H34FN3O2.C3H6.CH2O2/c1-4-31-22-13-11-20(12-14-22)27-25(30)28-23-15-10-19(26)16-24(23)29(17-18(2)3)21-8-6-5-7-9-21;1-2-3-1;2-1-3/h10-16,18,21H,4-9,17H2,1-3H3,(H2,27,28,30);1-3H2;1H,(H,2,3). The minimum Gasteiger partial charge on any atom is -0.494 e. The van der Waals surface area contributed by atoms with E-state index in [1.165, 1.54) is 44.6 Å². The van der Waals surface area contributed by atoms with Crippen LogP contribution in [-0.4, -0.2) is 36.8 Å². The lowest BCUT2D eigenvalue weighted by molar-refractivity contribution is -0.122. The van der Waals surface area contributed by atoms with Gasteiger partial charge in [-0.15, -0.1) is 0 Å². The van der Waals surface area contributed by atoms with Gasteiger partial charge < -0.3 is 25.4 Å². The molecule has 0 spiro atoms. The Morgan fingerprint density at radius 2 is 1.65 bits per heavy atom. The number of urea groups is 1. The SMILES string of the molecule is C1CC1.CCOc1ccc(NC(=O)Nc2ccc(F)cc2N(CC(C)C)C2CCCCC2)cc1.O=CO. The van der Waals surface area contributed by atoms with E-state index in [1.807, 2.05) is 19.1 Å². The Hall–Kier alpha value is -3.29. The van der Waals surface area contributed by atoms with Gasteiger partial charge in [0.25, 0.3) is 6.47 Å². The van der Waals surface area contributed by atoms with E-state index in [9.17, 15) is 9.18 Å². The Labute approximate surface area is 220 Å². The van der Waals surface area contributed by atoms with Crippen LogP contribution >= 0.6 is 0 Å². The summed E-state index contributed by atoms with van der Waals surface area (Å²) < 4.78 is 19.7. The van der Waals surface area contributed by atoms with Gasteiger partial charge in [-0.2, -0.15) is 0 Å². The Balaban J connectivity index is 0.000000715. The van der Waals surface area contributed by atoms with Gasteiger partial charge in [-0.1, -0.05) is 52.4 Å². The highest BCUT2D eigenvalue weighted by Gasteiger charge is 2.25. The number of nitrogens with zero attached hydrogens (tertiary/aromatic N) is 1. The largest absolute Gasteiger partial charge is 0.494 e. The number of rotatable bonds is 8. The molecule has 3 N–H and O–H groups in total. The summed E-state index contributed by atoms with van der Waals surface area (Å²) in [5.74, 6) is 0.888. The number of amides is 2. The average Bonchev–Trinajstić information content (AvgIpc) is 3.76. The second kappa shape index (κ2) is 16.5. The monoisotopic (exact) mass is 515 g/mol. The topological polar surface area (TPSA) is 90.9 Å². The minimum atomic E-state index is -0.356. The fourth-order valence-electron chi connectivity index (χ4n) is 4.16. The maximum Gasteiger partial charge on any atom is 0.323 e. The lowest BCUT2D eigenvalue weighted by Crippen LogP contribution is -2.40. The zero-order valence-electron chi connectivity index (χ0n) is 22.3. The van der Waals surface area contributed by atoms with Crippen molar-refractivity contribution in [1.82, 2.24) is 0 Å². The van der Waals surface area contributed by atoms with Crippen LogP contribution in [0.25, 0.3) is 0 Å². The maximum absolute atomic E-state index is 14.2. The molecular formula is C29H42FN3O4. The van der Waals surface area contributed by atoms with Gasteiger partial charge in [0.2, 0.25) is 0 Å². The van der Waals surface area contributed by atoms with Crippen LogP contribution in [-0.2, 0) is 4.79 Å². The van der Waals surface area contributed by atoms with E-state index in [1.54, 1.807) is 24.3 Å². The highest BCUT2D eigenvalue weighted by molar-refractivity contribution is 6.01. The van der Waals surface area contributed by atoms with Gasteiger partial charge in [0, 0.05) is 18.3 Å². The molecule has 2 aliphatic rings. The molecule has 4 rings (SSSR count). The van der Waals surface area contributed by atoms with Gasteiger partial charge in [-0.3, -0.25) is 4.79 Å². The smallest absolute Gasteiger partial charge is 0.323 e. The molecule has 37 heavy (non-hydrogen) atoms. The second-order valence-electron chi connectivity index (χ2n) is 9.70. The molecule has 0 aromatic heterocycles. The van der Waals surface area contributed by atoms with Gasteiger partial charge in [0.15, 0.2) is 0 Å². The highest BCUT2D eigenvalue weighted by Crippen LogP contribution is 2.34. The predicted octanol–water partition coefficient (Wildman–Crippen LogP) is 7.53. The van der Waals surface area contributed by atoms with Crippen molar-refractivity contribution in [3.05, 3.63) is 48.3 Å². The molecule has 2 amide bonds. The van der Waals surface area contributed by atoms with Gasteiger partial charge in [0.1, 0.15) is 11.6 Å². The van der Waals surface area contributed by atoms with Crippen LogP contribution in [0.3, 0.4) is 0 Å². The molecule has 2 aromatic carbocycles. The van der Waals surface area contributed by atoms with Crippen molar-refractivity contribution < 1.29 is 23.8 Å². The maximum atomic E-state index is 14.2. The summed E-state index contributed by atoms with van der Waals surface area (Å²) in [5, 5.41) is 12.7. The van der Waals surface area contributed by atoms with Crippen LogP contribution in [0.1, 0.15) is 72.1 Å². The first-order valence-electron chi connectivity index (χ1n) is 13.3. The first kappa shape index (κ1) is 29.9. The quantitative estimate of drug-likeness (QED) is 0.316. The number of benzene rings is 2. The molecule has 2 aromatic rings. The summed E-state index contributed by atoms with van der Waals surface area (Å²) >= 11 is 0. The lowest BCUT2D eigenvalue weighted by Gasteiger charge is -2.38. The van der Waals surface area contributed by atoms with Crippen LogP contribution in [0.15, 0.2) is 42.5 Å². The number of carbonyl (C=O) groups is 2. The average molecular weight is 516 g/mol. The molecule has 0 aliphatic heterocycles. The van der Waals surface area contributed by atoms with Crippen molar-refractivity contribution in [1.29, 1.82) is 0 Å². The third-order valence-electron chi connectivity index (χ3n) is 5.87. The zero-order chi connectivity index (χ0) is 27.0. The Morgan fingerprint density at radius 1 is 1.05 bits per heavy atom. The van der Waals surface area contributed by atoms with E-state index < -0.39 is 0 Å². The van der Waals surface area contributed by atoms with Gasteiger partial charge >= 0.3 is 6.03 Å². The number of carbonyl (C=O) groups excluding carboxylic acids is 1. The van der Waals surface area contributed by atoms with Crippen LogP contribution in [0.5, 0.6) is 5.75 Å². The van der Waals surface area contributed by atoms with Crippen molar-refractivity contribution >= 4 is 29.6 Å². The summed E-state index contributed by atoms with van der Waals surface area (Å²) in [5.41, 5.74) is 2.04. The van der Waals surface area contributed by atoms with E-state index in [0.717, 1.165) is 30.8 Å². The van der Waals surface area contributed by atoms with Gasteiger partial charge in [-0.25, -0.2) is 9.18 Å². The van der Waals surface area contributed by atoms with E-state index >= 15 is 0 Å². The fraction of sp³-hybridized carbons (Fsp3) is 0.517. The van der Waals surface area contributed by atoms with Crippen LogP contribution in [0.2, 0.25) is 0 Å². The summed E-state index contributed by atoms with van der Waals surface area (Å²) in [7, 11) is 0. The Morgan fingerprint density at radius 3 is 2.19 bits per heavy atom. The van der Waals surface area contributed by atoms with Crippen molar-refractivity contribution in [3.63, 3.8) is 0 Å². The summed E-state index contributed by atoms with van der Waals surface area (Å²) in [6, 6.07) is 11.8. The molecular weight excluding hydrogens is 473 g/mol. The molecule has 2 aliphatic carbocycles. The van der Waals surface area contributed by atoms with Crippen molar-refractivity contribution in [3.8, 4) is 5.75 Å². The van der Waals surface area contributed by atoms with Crippen LogP contribution in [0, 0.1) is 11.7 Å². The van der Waals surface area contributed by atoms with Crippen LogP contribution in [0.4, 0.5) is 26.2 Å². The van der Waals surface area contributed by atoms with Gasteiger partial charge in [-0.05, 0) is 68.1 Å². The molecule has 2 saturated carbocycles. The molecule has 2 fully saturated rings. The summed E-state index contributed by atoms with van der Waals surface area (Å²) in [6.45, 7) is 7.43. The van der Waals surface area contributed by atoms with E-state index in [0.29, 0.717) is 29.9 Å². The number of hydrogen-bond donors (Lipinski definition) is 3. The number of halogens is 1. The molecule has 7 nitrogen and oxygen atoms in total. The zero-order valence-corrected chi connectivity index (χ0v) is 22.3. The molecule has 0 bridgehead atoms. The van der Waals surface area contributed by atoms with E-state index in [4.69, 9.17) is 14.6 Å². The van der Waals surface area contributed by atoms with E-state index in [2.05, 4.69) is 29.4 Å². The fourth-order valence-corrected chi connectivity index (χ4v) is 4.16. The molecule has 8 heteroatoms. The highest BCUT2D eigenvalue weighted by atomic mass is 19.1. The van der Waals surface area contributed by atoms with Gasteiger partial charge in [0.05, 0.1) is 18.0 Å². The third-order valence-corrected chi connectivity index (χ3v) is 5.87. The number of anilines is 3. The minimum absolute atomic E-state index is 0.250. The summed E-state index contributed by atoms with van der Waals surface area (Å²) in [6.07, 6.45) is 10.3. The molecule has 0 saturated heterocycles. The molecule has 0 atom stereocenters. The molecule has 0 radical (unpaired) electrons. The number of ether oxygens (including phenoxy) is 1. The third kappa shape index (κ3) is 11.5. The normalized spacial score (nSPS) is 14.3. The second-order valence-corrected chi connectivity index (χ2v) is 9.70. The Bertz CT molecular complexity index is 942. The first-order valence-corrected chi connectivity index (χ1v) is 13.3. The number of carboxylic acid groups (broad SMARTS) is 1. The predicted molar refractivity (Wildman–Crippen MR) is 148 cm³/mol. The molecule has 0 unspecified atom stereocenters. The van der Waals surface area contributed by atoms with Crippen molar-refractivity contribution in [2.45, 2.75) is 78.2 Å². The van der Waals surface area contributed by atoms with Crippen molar-refractivity contribution in [2.24, 2.45) is 5.92 Å². The molecule has 204 valence electrons. The van der Waals surface area contributed by atoms with E-state index in [-0.39, 0.29) is 18.3 Å². The molecule has 0 heterocycles. The van der Waals surface area contributed by atoms with Crippen LogP contribution < -0.4 is 20.3 Å². The number of nitrogens with one attached hydrogen (secondary N) is 2. The first-order chi connectivity index (χ1) is 17.9. The van der Waals surface area contributed by atoms with Crippen molar-refractivity contribution in [2.75, 3.05) is 28.7 Å². The number of hydrogen-bond acceptors (Lipinski definition) is 4. The Kier molecular flexibility index (Phi) is 13.3.